The van der Waals surface area contributed by atoms with Crippen LogP contribution in [0.1, 0.15) is 25.7 Å². The van der Waals surface area contributed by atoms with Gasteiger partial charge in [0, 0.05) is 5.41 Å². The molecule has 1 aliphatic carbocycles. The van der Waals surface area contributed by atoms with E-state index < -0.39 is 17.3 Å². The first-order valence-corrected chi connectivity index (χ1v) is 5.70. The largest absolute Gasteiger partial charge is 0.318 e. The van der Waals surface area contributed by atoms with Crippen molar-refractivity contribution in [1.29, 1.82) is 10.5 Å². The van der Waals surface area contributed by atoms with Gasteiger partial charge in [-0.15, -0.1) is 0 Å². The van der Waals surface area contributed by atoms with Crippen molar-refractivity contribution >= 4 is 23.1 Å². The van der Waals surface area contributed by atoms with E-state index >= 15 is 0 Å². The molecule has 1 N–H and O–H groups in total. The normalized spacial score (nSPS) is 31.9. The summed E-state index contributed by atoms with van der Waals surface area (Å²) in [6.07, 6.45) is 3.42. The number of hydrogen-bond acceptors (Lipinski definition) is 4. The number of amides is 1. The molecular formula is C11H11N3OS. The Morgan fingerprint density at radius 2 is 1.81 bits per heavy atom. The van der Waals surface area contributed by atoms with E-state index in [4.69, 9.17) is 17.5 Å². The molecule has 0 aromatic rings. The molecule has 0 aromatic heterocycles. The molecule has 1 spiro atoms. The maximum Gasteiger partial charge on any atom is 0.242 e. The molecule has 16 heavy (non-hydrogen) atoms. The average Bonchev–Trinajstić information content (AvgIpc) is 2.68. The zero-order valence-electron chi connectivity index (χ0n) is 8.69. The van der Waals surface area contributed by atoms with Crippen LogP contribution in [0.25, 0.3) is 0 Å². The molecule has 0 bridgehead atoms. The van der Waals surface area contributed by atoms with Gasteiger partial charge in [-0.1, -0.05) is 25.1 Å². The van der Waals surface area contributed by atoms with Gasteiger partial charge in [0.05, 0.1) is 17.1 Å². The van der Waals surface area contributed by atoms with Gasteiger partial charge in [-0.05, 0) is 12.8 Å². The summed E-state index contributed by atoms with van der Waals surface area (Å²) >= 11 is 5.05. The quantitative estimate of drug-likeness (QED) is 0.639. The van der Waals surface area contributed by atoms with Crippen molar-refractivity contribution in [2.75, 3.05) is 0 Å². The van der Waals surface area contributed by atoms with Crippen molar-refractivity contribution in [3.63, 3.8) is 0 Å². The van der Waals surface area contributed by atoms with E-state index in [-0.39, 0.29) is 5.91 Å². The Hall–Kier alpha value is -1.46. The molecule has 2 fully saturated rings. The summed E-state index contributed by atoms with van der Waals surface area (Å²) in [6, 6.07) is 4.21. The number of nitriles is 2. The number of carbonyl (C=O) groups is 1. The summed E-state index contributed by atoms with van der Waals surface area (Å²) < 4.78 is 0. The summed E-state index contributed by atoms with van der Waals surface area (Å²) in [5, 5.41) is 20.8. The Kier molecular flexibility index (Phi) is 2.65. The SMILES string of the molecule is N#C[C@@H]1C(=S)NC(=O)[C@H](C#N)C12CCCC2. The van der Waals surface area contributed by atoms with E-state index in [0.717, 1.165) is 25.7 Å². The smallest absolute Gasteiger partial charge is 0.242 e. The lowest BCUT2D eigenvalue weighted by atomic mass is 9.63. The second kappa shape index (κ2) is 3.84. The molecule has 0 unspecified atom stereocenters. The molecule has 0 aromatic carbocycles. The second-order valence-electron chi connectivity index (χ2n) is 4.42. The summed E-state index contributed by atoms with van der Waals surface area (Å²) in [6.45, 7) is 0. The van der Waals surface area contributed by atoms with Gasteiger partial charge in [0.15, 0.2) is 0 Å². The Bertz CT molecular complexity index is 391. The topological polar surface area (TPSA) is 76.7 Å². The van der Waals surface area contributed by atoms with Gasteiger partial charge >= 0.3 is 0 Å². The van der Waals surface area contributed by atoms with E-state index in [1.807, 2.05) is 6.07 Å². The molecule has 2 rings (SSSR count). The van der Waals surface area contributed by atoms with Gasteiger partial charge in [0.2, 0.25) is 5.91 Å². The minimum absolute atomic E-state index is 0.292. The van der Waals surface area contributed by atoms with Crippen molar-refractivity contribution in [3.05, 3.63) is 0 Å². The molecule has 1 aliphatic heterocycles. The Labute approximate surface area is 99.2 Å². The number of nitrogens with one attached hydrogen (secondary N) is 1. The Morgan fingerprint density at radius 3 is 2.31 bits per heavy atom. The second-order valence-corrected chi connectivity index (χ2v) is 4.86. The Balaban J connectivity index is 2.48. The summed E-state index contributed by atoms with van der Waals surface area (Å²) in [7, 11) is 0. The Morgan fingerprint density at radius 1 is 1.25 bits per heavy atom. The highest BCUT2D eigenvalue weighted by Crippen LogP contribution is 2.51. The van der Waals surface area contributed by atoms with E-state index in [1.165, 1.54) is 0 Å². The van der Waals surface area contributed by atoms with Crippen LogP contribution in [0.5, 0.6) is 0 Å². The van der Waals surface area contributed by atoms with Gasteiger partial charge < -0.3 is 5.32 Å². The van der Waals surface area contributed by atoms with E-state index in [1.54, 1.807) is 0 Å². The number of thiocarbonyl (C=S) groups is 1. The molecule has 0 radical (unpaired) electrons. The van der Waals surface area contributed by atoms with Gasteiger partial charge in [-0.3, -0.25) is 4.79 Å². The number of nitrogens with zero attached hydrogens (tertiary/aromatic N) is 2. The van der Waals surface area contributed by atoms with Gasteiger partial charge in [0.25, 0.3) is 0 Å². The number of piperidine rings is 1. The van der Waals surface area contributed by atoms with Gasteiger partial charge in [-0.25, -0.2) is 0 Å². The summed E-state index contributed by atoms with van der Waals surface area (Å²) in [4.78, 5) is 12.0. The fraction of sp³-hybridized carbons (Fsp3) is 0.636. The van der Waals surface area contributed by atoms with Gasteiger partial charge in [0.1, 0.15) is 11.8 Å². The fourth-order valence-corrected chi connectivity index (χ4v) is 3.33. The van der Waals surface area contributed by atoms with Crippen LogP contribution in [-0.4, -0.2) is 10.9 Å². The lowest BCUT2D eigenvalue weighted by Gasteiger charge is -2.40. The molecule has 82 valence electrons. The van der Waals surface area contributed by atoms with Crippen LogP contribution in [0.4, 0.5) is 0 Å². The molecule has 1 heterocycles. The van der Waals surface area contributed by atoms with Crippen molar-refractivity contribution in [2.45, 2.75) is 25.7 Å². The molecular weight excluding hydrogens is 222 g/mol. The molecule has 4 nitrogen and oxygen atoms in total. The lowest BCUT2D eigenvalue weighted by molar-refractivity contribution is -0.127. The van der Waals surface area contributed by atoms with Crippen LogP contribution in [0.15, 0.2) is 0 Å². The van der Waals surface area contributed by atoms with E-state index in [0.29, 0.717) is 4.99 Å². The lowest BCUT2D eigenvalue weighted by Crippen LogP contribution is -2.55. The van der Waals surface area contributed by atoms with Crippen LogP contribution >= 0.6 is 12.2 Å². The zero-order chi connectivity index (χ0) is 11.8. The number of carbonyl (C=O) groups excluding carboxylic acids is 1. The summed E-state index contributed by atoms with van der Waals surface area (Å²) in [5.74, 6) is -1.56. The van der Waals surface area contributed by atoms with Crippen LogP contribution in [-0.2, 0) is 4.79 Å². The molecule has 2 atom stereocenters. The number of rotatable bonds is 0. The van der Waals surface area contributed by atoms with Crippen molar-refractivity contribution in [2.24, 2.45) is 17.3 Å². The first-order valence-electron chi connectivity index (χ1n) is 5.29. The predicted molar refractivity (Wildman–Crippen MR) is 59.8 cm³/mol. The highest BCUT2D eigenvalue weighted by Gasteiger charge is 2.55. The molecule has 1 amide bonds. The van der Waals surface area contributed by atoms with E-state index in [2.05, 4.69) is 11.4 Å². The van der Waals surface area contributed by atoms with Crippen LogP contribution in [0.3, 0.4) is 0 Å². The maximum absolute atomic E-state index is 11.7. The summed E-state index contributed by atoms with van der Waals surface area (Å²) in [5.41, 5.74) is -0.525. The minimum Gasteiger partial charge on any atom is -0.318 e. The third-order valence-electron chi connectivity index (χ3n) is 3.71. The van der Waals surface area contributed by atoms with Crippen LogP contribution in [0, 0.1) is 39.9 Å². The van der Waals surface area contributed by atoms with Crippen LogP contribution in [0.2, 0.25) is 0 Å². The monoisotopic (exact) mass is 233 g/mol. The van der Waals surface area contributed by atoms with Crippen molar-refractivity contribution in [1.82, 2.24) is 5.32 Å². The molecule has 1 saturated carbocycles. The fourth-order valence-electron chi connectivity index (χ4n) is 2.94. The first kappa shape index (κ1) is 11.0. The zero-order valence-corrected chi connectivity index (χ0v) is 9.51. The third kappa shape index (κ3) is 1.32. The highest BCUT2D eigenvalue weighted by molar-refractivity contribution is 7.80. The molecule has 1 saturated heterocycles. The maximum atomic E-state index is 11.7. The highest BCUT2D eigenvalue weighted by atomic mass is 32.1. The predicted octanol–water partition coefficient (Wildman–Crippen LogP) is 1.28. The molecule has 5 heteroatoms. The van der Waals surface area contributed by atoms with Crippen molar-refractivity contribution < 1.29 is 4.79 Å². The minimum atomic E-state index is -0.730. The van der Waals surface area contributed by atoms with Crippen LogP contribution < -0.4 is 5.32 Å². The van der Waals surface area contributed by atoms with E-state index in [9.17, 15) is 10.1 Å². The standard InChI is InChI=1S/C11H11N3OS/c12-5-7-9(15)14-10(16)8(6-13)11(7)3-1-2-4-11/h7-8H,1-4H2,(H,14,15,16)/t7-,8+/m0/s1. The third-order valence-corrected chi connectivity index (χ3v) is 4.05. The molecule has 2 aliphatic rings. The van der Waals surface area contributed by atoms with Gasteiger partial charge in [-0.2, -0.15) is 10.5 Å². The average molecular weight is 233 g/mol. The number of hydrogen-bond donors (Lipinski definition) is 1. The van der Waals surface area contributed by atoms with Crippen molar-refractivity contribution in [3.8, 4) is 12.1 Å². The first-order chi connectivity index (χ1) is 7.65.